The number of nitrogens with zero attached hydrogens (tertiary/aromatic N) is 2. The molecular formula is C23H28N4O3S. The Labute approximate surface area is 184 Å². The molecule has 3 heterocycles. The van der Waals surface area contributed by atoms with E-state index < -0.39 is 11.2 Å². The number of thiophene rings is 1. The number of aromatic nitrogens is 2. The number of piperidine rings is 1. The Morgan fingerprint density at radius 1 is 1.19 bits per heavy atom. The van der Waals surface area contributed by atoms with Crippen molar-refractivity contribution in [2.24, 2.45) is 5.92 Å². The zero-order valence-corrected chi connectivity index (χ0v) is 18.5. The van der Waals surface area contributed by atoms with Gasteiger partial charge in [0.15, 0.2) is 0 Å². The SMILES string of the molecule is CC1CCN(C(CNC(=O)CCn2c(=O)[nH]c(=O)c3ccccc32)c2cccs2)CC1. The van der Waals surface area contributed by atoms with E-state index in [1.165, 1.54) is 22.3 Å². The highest BCUT2D eigenvalue weighted by Gasteiger charge is 2.25. The fraction of sp³-hybridized carbons (Fsp3) is 0.435. The van der Waals surface area contributed by atoms with E-state index in [4.69, 9.17) is 0 Å². The number of carbonyl (C=O) groups excluding carboxylic acids is 1. The van der Waals surface area contributed by atoms with Crippen molar-refractivity contribution in [3.8, 4) is 0 Å². The summed E-state index contributed by atoms with van der Waals surface area (Å²) in [5, 5.41) is 5.59. The molecule has 7 nitrogen and oxygen atoms in total. The van der Waals surface area contributed by atoms with Gasteiger partial charge < -0.3 is 5.32 Å². The highest BCUT2D eigenvalue weighted by molar-refractivity contribution is 7.10. The summed E-state index contributed by atoms with van der Waals surface area (Å²) in [7, 11) is 0. The smallest absolute Gasteiger partial charge is 0.328 e. The standard InChI is InChI=1S/C23H28N4O3S/c1-16-8-11-26(12-9-16)19(20-7-4-14-31-20)15-24-21(28)10-13-27-18-6-3-2-5-17(18)22(29)25-23(27)30/h2-7,14,16,19H,8-13,15H2,1H3,(H,24,28)(H,25,29,30). The van der Waals surface area contributed by atoms with Gasteiger partial charge in [-0.25, -0.2) is 4.79 Å². The number of aromatic amines is 1. The van der Waals surface area contributed by atoms with Crippen LogP contribution in [-0.4, -0.2) is 40.0 Å². The zero-order valence-electron chi connectivity index (χ0n) is 17.7. The van der Waals surface area contributed by atoms with Gasteiger partial charge in [0.25, 0.3) is 5.56 Å². The lowest BCUT2D eigenvalue weighted by Crippen LogP contribution is -2.42. The zero-order chi connectivity index (χ0) is 21.8. The average Bonchev–Trinajstić information content (AvgIpc) is 3.29. The number of H-pyrrole nitrogens is 1. The summed E-state index contributed by atoms with van der Waals surface area (Å²) in [5.74, 6) is 0.648. The monoisotopic (exact) mass is 440 g/mol. The first-order chi connectivity index (χ1) is 15.0. The molecular weight excluding hydrogens is 412 g/mol. The van der Waals surface area contributed by atoms with Crippen molar-refractivity contribution < 1.29 is 4.79 Å². The molecule has 1 fully saturated rings. The van der Waals surface area contributed by atoms with Crippen molar-refractivity contribution in [3.05, 3.63) is 67.5 Å². The molecule has 1 aromatic carbocycles. The fourth-order valence-corrected chi connectivity index (χ4v) is 5.07. The van der Waals surface area contributed by atoms with Crippen molar-refractivity contribution in [1.82, 2.24) is 19.8 Å². The molecule has 31 heavy (non-hydrogen) atoms. The number of para-hydroxylation sites is 1. The minimum Gasteiger partial charge on any atom is -0.354 e. The molecule has 1 atom stereocenters. The molecule has 164 valence electrons. The predicted molar refractivity (Wildman–Crippen MR) is 123 cm³/mol. The predicted octanol–water partition coefficient (Wildman–Crippen LogP) is 2.73. The molecule has 0 radical (unpaired) electrons. The van der Waals surface area contributed by atoms with Crippen LogP contribution in [0.25, 0.3) is 10.9 Å². The van der Waals surface area contributed by atoms with E-state index in [-0.39, 0.29) is 24.9 Å². The number of amides is 1. The van der Waals surface area contributed by atoms with Gasteiger partial charge >= 0.3 is 5.69 Å². The number of hydrogen-bond acceptors (Lipinski definition) is 5. The summed E-state index contributed by atoms with van der Waals surface area (Å²) in [4.78, 5) is 43.0. The highest BCUT2D eigenvalue weighted by Crippen LogP contribution is 2.29. The van der Waals surface area contributed by atoms with Crippen molar-refractivity contribution >= 4 is 28.1 Å². The van der Waals surface area contributed by atoms with Crippen LogP contribution in [0, 0.1) is 5.92 Å². The van der Waals surface area contributed by atoms with E-state index in [2.05, 4.69) is 39.6 Å². The highest BCUT2D eigenvalue weighted by atomic mass is 32.1. The van der Waals surface area contributed by atoms with E-state index in [9.17, 15) is 14.4 Å². The van der Waals surface area contributed by atoms with Crippen LogP contribution in [0.2, 0.25) is 0 Å². The Hall–Kier alpha value is -2.71. The average molecular weight is 441 g/mol. The Morgan fingerprint density at radius 2 is 1.97 bits per heavy atom. The summed E-state index contributed by atoms with van der Waals surface area (Å²) in [6, 6.07) is 11.3. The van der Waals surface area contributed by atoms with Crippen molar-refractivity contribution in [3.63, 3.8) is 0 Å². The van der Waals surface area contributed by atoms with Crippen molar-refractivity contribution in [1.29, 1.82) is 0 Å². The summed E-state index contributed by atoms with van der Waals surface area (Å²) < 4.78 is 1.46. The van der Waals surface area contributed by atoms with E-state index in [1.54, 1.807) is 35.6 Å². The van der Waals surface area contributed by atoms with Crippen LogP contribution >= 0.6 is 11.3 Å². The van der Waals surface area contributed by atoms with Crippen LogP contribution in [0.4, 0.5) is 0 Å². The second-order valence-corrected chi connectivity index (χ2v) is 9.21. The molecule has 1 aliphatic rings. The van der Waals surface area contributed by atoms with E-state index in [0.29, 0.717) is 17.4 Å². The number of rotatable bonds is 7. The maximum absolute atomic E-state index is 12.6. The van der Waals surface area contributed by atoms with Gasteiger partial charge in [-0.1, -0.05) is 25.1 Å². The number of aryl methyl sites for hydroxylation is 1. The van der Waals surface area contributed by atoms with Gasteiger partial charge in [0.05, 0.1) is 16.9 Å². The molecule has 2 N–H and O–H groups in total. The van der Waals surface area contributed by atoms with Crippen LogP contribution in [0.3, 0.4) is 0 Å². The summed E-state index contributed by atoms with van der Waals surface area (Å²) in [5.41, 5.74) is -0.353. The molecule has 3 aromatic rings. The molecule has 2 aromatic heterocycles. The Balaban J connectivity index is 1.41. The third-order valence-corrected chi connectivity index (χ3v) is 7.06. The Morgan fingerprint density at radius 3 is 2.71 bits per heavy atom. The van der Waals surface area contributed by atoms with Gasteiger partial charge in [0.1, 0.15) is 0 Å². The summed E-state index contributed by atoms with van der Waals surface area (Å²) >= 11 is 1.72. The van der Waals surface area contributed by atoms with Crippen LogP contribution in [0.5, 0.6) is 0 Å². The molecule has 0 bridgehead atoms. The second-order valence-electron chi connectivity index (χ2n) is 8.23. The maximum atomic E-state index is 12.6. The third-order valence-electron chi connectivity index (χ3n) is 6.09. The third kappa shape index (κ3) is 4.97. The molecule has 0 saturated carbocycles. The van der Waals surface area contributed by atoms with E-state index in [1.807, 2.05) is 0 Å². The number of hydrogen-bond donors (Lipinski definition) is 2. The topological polar surface area (TPSA) is 87.2 Å². The number of fused-ring (bicyclic) bond motifs is 1. The van der Waals surface area contributed by atoms with Crippen LogP contribution in [0.15, 0.2) is 51.4 Å². The normalized spacial score (nSPS) is 16.4. The molecule has 0 spiro atoms. The van der Waals surface area contributed by atoms with Gasteiger partial charge in [-0.2, -0.15) is 0 Å². The lowest BCUT2D eigenvalue weighted by atomic mass is 9.97. The van der Waals surface area contributed by atoms with Crippen LogP contribution < -0.4 is 16.6 Å². The van der Waals surface area contributed by atoms with Crippen molar-refractivity contribution in [2.45, 2.75) is 38.8 Å². The lowest BCUT2D eigenvalue weighted by molar-refractivity contribution is -0.121. The molecule has 0 aliphatic carbocycles. The number of likely N-dealkylation sites (tertiary alicyclic amines) is 1. The molecule has 1 amide bonds. The van der Waals surface area contributed by atoms with Gasteiger partial charge in [-0.3, -0.25) is 24.0 Å². The van der Waals surface area contributed by atoms with Gasteiger partial charge in [-0.05, 0) is 55.4 Å². The maximum Gasteiger partial charge on any atom is 0.328 e. The quantitative estimate of drug-likeness (QED) is 0.591. The van der Waals surface area contributed by atoms with Crippen LogP contribution in [0.1, 0.15) is 37.1 Å². The number of benzene rings is 1. The van der Waals surface area contributed by atoms with Crippen molar-refractivity contribution in [2.75, 3.05) is 19.6 Å². The largest absolute Gasteiger partial charge is 0.354 e. The molecule has 4 rings (SSSR count). The summed E-state index contributed by atoms with van der Waals surface area (Å²) in [6.45, 7) is 5.14. The van der Waals surface area contributed by atoms with E-state index >= 15 is 0 Å². The molecule has 1 saturated heterocycles. The summed E-state index contributed by atoms with van der Waals surface area (Å²) in [6.07, 6.45) is 2.53. The lowest BCUT2D eigenvalue weighted by Gasteiger charge is -2.36. The first-order valence-electron chi connectivity index (χ1n) is 10.8. The Kier molecular flexibility index (Phi) is 6.67. The number of nitrogens with one attached hydrogen (secondary N) is 2. The fourth-order valence-electron chi connectivity index (χ4n) is 4.21. The van der Waals surface area contributed by atoms with Gasteiger partial charge in [-0.15, -0.1) is 11.3 Å². The second kappa shape index (κ2) is 9.62. The van der Waals surface area contributed by atoms with Gasteiger partial charge in [0.2, 0.25) is 5.91 Å². The molecule has 1 aliphatic heterocycles. The number of carbonyl (C=O) groups is 1. The minimum atomic E-state index is -0.490. The molecule has 8 heteroatoms. The Bertz CT molecular complexity index is 1140. The van der Waals surface area contributed by atoms with E-state index in [0.717, 1.165) is 19.0 Å². The van der Waals surface area contributed by atoms with Crippen LogP contribution in [-0.2, 0) is 11.3 Å². The first-order valence-corrected chi connectivity index (χ1v) is 11.7. The first kappa shape index (κ1) is 21.5. The van der Waals surface area contributed by atoms with Gasteiger partial charge in [0, 0.05) is 24.4 Å². The minimum absolute atomic E-state index is 0.103. The molecule has 1 unspecified atom stereocenters.